The van der Waals surface area contributed by atoms with Crippen molar-refractivity contribution in [3.63, 3.8) is 0 Å². The summed E-state index contributed by atoms with van der Waals surface area (Å²) in [6, 6.07) is 16.9. The van der Waals surface area contributed by atoms with Gasteiger partial charge in [0.25, 0.3) is 11.8 Å². The molecule has 9 heteroatoms. The number of aromatic nitrogens is 3. The number of piperazine rings is 1. The molecule has 1 aliphatic heterocycles. The SMILES string of the molecule is Cc1ccc(NC(=O)c2cccc(C(C)(C)C#N)c2)cc1-n1cc(-c2cncc(C(=O)N3CCN(C)CC3)c2)cn1. The first-order valence-electron chi connectivity index (χ1n) is 13.6. The largest absolute Gasteiger partial charge is 0.336 e. The van der Waals surface area contributed by atoms with Crippen LogP contribution in [0.2, 0.25) is 0 Å². The molecule has 0 radical (unpaired) electrons. The molecule has 0 unspecified atom stereocenters. The molecule has 1 saturated heterocycles. The van der Waals surface area contributed by atoms with Gasteiger partial charge in [-0.15, -0.1) is 0 Å². The summed E-state index contributed by atoms with van der Waals surface area (Å²) in [7, 11) is 2.06. The van der Waals surface area contributed by atoms with Gasteiger partial charge in [0.2, 0.25) is 0 Å². The summed E-state index contributed by atoms with van der Waals surface area (Å²) in [5.74, 6) is -0.273. The normalized spacial score (nSPS) is 14.0. The third kappa shape index (κ3) is 6.03. The molecule has 1 aliphatic rings. The molecular weight excluding hydrogens is 514 g/mol. The van der Waals surface area contributed by atoms with E-state index in [0.29, 0.717) is 29.9 Å². The number of hydrogen-bond donors (Lipinski definition) is 1. The van der Waals surface area contributed by atoms with Crippen LogP contribution in [0.3, 0.4) is 0 Å². The van der Waals surface area contributed by atoms with Crippen molar-refractivity contribution in [2.45, 2.75) is 26.2 Å². The second-order valence-electron chi connectivity index (χ2n) is 11.0. The zero-order valence-corrected chi connectivity index (χ0v) is 23.8. The van der Waals surface area contributed by atoms with Gasteiger partial charge in [-0.25, -0.2) is 4.68 Å². The van der Waals surface area contributed by atoms with Crippen LogP contribution in [0.15, 0.2) is 73.3 Å². The molecule has 2 aromatic heterocycles. The number of benzene rings is 2. The number of anilines is 1. The fraction of sp³-hybridized carbons (Fsp3) is 0.281. The summed E-state index contributed by atoms with van der Waals surface area (Å²) in [6.45, 7) is 8.75. The minimum atomic E-state index is -0.696. The highest BCUT2D eigenvalue weighted by molar-refractivity contribution is 6.04. The van der Waals surface area contributed by atoms with E-state index in [-0.39, 0.29) is 11.8 Å². The van der Waals surface area contributed by atoms with Gasteiger partial charge in [-0.05, 0) is 69.3 Å². The Labute approximate surface area is 240 Å². The quantitative estimate of drug-likeness (QED) is 0.376. The lowest BCUT2D eigenvalue weighted by Crippen LogP contribution is -2.47. The van der Waals surface area contributed by atoms with Crippen LogP contribution in [0.25, 0.3) is 16.8 Å². The Morgan fingerprint density at radius 1 is 0.951 bits per heavy atom. The molecule has 0 saturated carbocycles. The Morgan fingerprint density at radius 3 is 2.49 bits per heavy atom. The van der Waals surface area contributed by atoms with E-state index in [4.69, 9.17) is 0 Å². The Bertz CT molecular complexity index is 1640. The van der Waals surface area contributed by atoms with Crippen LogP contribution in [0, 0.1) is 18.3 Å². The third-order valence-electron chi connectivity index (χ3n) is 7.53. The van der Waals surface area contributed by atoms with Gasteiger partial charge < -0.3 is 15.1 Å². The van der Waals surface area contributed by atoms with Crippen molar-refractivity contribution in [2.24, 2.45) is 0 Å². The number of aryl methyl sites for hydroxylation is 1. The minimum Gasteiger partial charge on any atom is -0.336 e. The first-order valence-corrected chi connectivity index (χ1v) is 13.6. The van der Waals surface area contributed by atoms with Crippen molar-refractivity contribution in [3.8, 4) is 22.9 Å². The van der Waals surface area contributed by atoms with Crippen LogP contribution in [0.4, 0.5) is 5.69 Å². The Kier molecular flexibility index (Phi) is 7.68. The van der Waals surface area contributed by atoms with Gasteiger partial charge in [-0.2, -0.15) is 10.4 Å². The van der Waals surface area contributed by atoms with E-state index < -0.39 is 5.41 Å². The first-order chi connectivity index (χ1) is 19.6. The average Bonchev–Trinajstić information content (AvgIpc) is 3.48. The smallest absolute Gasteiger partial charge is 0.255 e. The van der Waals surface area contributed by atoms with Crippen LogP contribution >= 0.6 is 0 Å². The van der Waals surface area contributed by atoms with Crippen LogP contribution < -0.4 is 5.32 Å². The lowest BCUT2D eigenvalue weighted by Gasteiger charge is -2.32. The van der Waals surface area contributed by atoms with Gasteiger partial charge in [-0.3, -0.25) is 14.6 Å². The molecule has 0 bridgehead atoms. The Balaban J connectivity index is 1.35. The molecule has 0 aliphatic carbocycles. The van der Waals surface area contributed by atoms with E-state index in [0.717, 1.165) is 41.0 Å². The molecule has 1 N–H and O–H groups in total. The Morgan fingerprint density at radius 2 is 1.73 bits per heavy atom. The van der Waals surface area contributed by atoms with Crippen LogP contribution in [-0.2, 0) is 5.41 Å². The second kappa shape index (κ2) is 11.4. The Hall–Kier alpha value is -4.81. The van der Waals surface area contributed by atoms with Gasteiger partial charge in [0, 0.05) is 67.1 Å². The van der Waals surface area contributed by atoms with Gasteiger partial charge in [-0.1, -0.05) is 18.2 Å². The molecule has 3 heterocycles. The maximum Gasteiger partial charge on any atom is 0.255 e. The lowest BCUT2D eigenvalue weighted by atomic mass is 9.85. The summed E-state index contributed by atoms with van der Waals surface area (Å²) >= 11 is 0. The molecule has 41 heavy (non-hydrogen) atoms. The van der Waals surface area contributed by atoms with Gasteiger partial charge >= 0.3 is 0 Å². The molecule has 5 rings (SSSR count). The molecule has 1 fully saturated rings. The lowest BCUT2D eigenvalue weighted by molar-refractivity contribution is 0.0663. The number of carbonyl (C=O) groups is 2. The van der Waals surface area contributed by atoms with Crippen LogP contribution in [0.1, 0.15) is 45.7 Å². The summed E-state index contributed by atoms with van der Waals surface area (Å²) in [5, 5.41) is 17.0. The van der Waals surface area contributed by atoms with E-state index >= 15 is 0 Å². The number of nitrogens with zero attached hydrogens (tertiary/aromatic N) is 6. The molecule has 208 valence electrons. The first kappa shape index (κ1) is 27.7. The molecule has 0 spiro atoms. The van der Waals surface area contributed by atoms with Crippen molar-refractivity contribution in [2.75, 3.05) is 38.5 Å². The topological polar surface area (TPSA) is 107 Å². The summed E-state index contributed by atoms with van der Waals surface area (Å²) in [5.41, 5.74) is 5.17. The van der Waals surface area contributed by atoms with Gasteiger partial charge in [0.05, 0.1) is 28.9 Å². The minimum absolute atomic E-state index is 0.0131. The fourth-order valence-corrected chi connectivity index (χ4v) is 4.76. The monoisotopic (exact) mass is 547 g/mol. The highest BCUT2D eigenvalue weighted by atomic mass is 16.2. The van der Waals surface area contributed by atoms with E-state index in [1.54, 1.807) is 41.5 Å². The fourth-order valence-electron chi connectivity index (χ4n) is 4.76. The third-order valence-corrected chi connectivity index (χ3v) is 7.53. The predicted molar refractivity (Wildman–Crippen MR) is 158 cm³/mol. The predicted octanol–water partition coefficient (Wildman–Crippen LogP) is 4.68. The number of nitrogens with one attached hydrogen (secondary N) is 1. The summed E-state index contributed by atoms with van der Waals surface area (Å²) in [4.78, 5) is 34.5. The molecule has 2 aromatic carbocycles. The standard InChI is InChI=1S/C32H33N7O2/c1-22-8-9-28(36-30(40)23-6-5-7-27(15-23)32(2,3)21-33)16-29(22)39-20-26(19-35-39)24-14-25(18-34-17-24)31(41)38-12-10-37(4)11-13-38/h5-9,14-20H,10-13H2,1-4H3,(H,36,40). The molecular formula is C32H33N7O2. The number of hydrogen-bond acceptors (Lipinski definition) is 6. The van der Waals surface area contributed by atoms with Crippen LogP contribution in [-0.4, -0.2) is 69.6 Å². The number of rotatable bonds is 6. The highest BCUT2D eigenvalue weighted by Crippen LogP contribution is 2.26. The van der Waals surface area contributed by atoms with Crippen molar-refractivity contribution in [1.29, 1.82) is 5.26 Å². The van der Waals surface area contributed by atoms with Crippen molar-refractivity contribution in [3.05, 3.63) is 95.6 Å². The van der Waals surface area contributed by atoms with Crippen molar-refractivity contribution >= 4 is 17.5 Å². The number of amides is 2. The number of pyridine rings is 1. The van der Waals surface area contributed by atoms with Crippen molar-refractivity contribution < 1.29 is 9.59 Å². The summed E-state index contributed by atoms with van der Waals surface area (Å²) in [6.07, 6.45) is 6.98. The molecule has 9 nitrogen and oxygen atoms in total. The average molecular weight is 548 g/mol. The zero-order chi connectivity index (χ0) is 29.1. The zero-order valence-electron chi connectivity index (χ0n) is 23.8. The van der Waals surface area contributed by atoms with Crippen molar-refractivity contribution in [1.82, 2.24) is 24.6 Å². The van der Waals surface area contributed by atoms with Gasteiger partial charge in [0.15, 0.2) is 0 Å². The maximum atomic E-state index is 13.1. The number of nitriles is 1. The molecule has 2 amide bonds. The molecule has 0 atom stereocenters. The van der Waals surface area contributed by atoms with E-state index in [1.807, 2.05) is 62.2 Å². The highest BCUT2D eigenvalue weighted by Gasteiger charge is 2.22. The molecule has 4 aromatic rings. The summed E-state index contributed by atoms with van der Waals surface area (Å²) < 4.78 is 1.76. The number of likely N-dealkylation sites (N-methyl/N-ethyl adjacent to an activating group) is 1. The van der Waals surface area contributed by atoms with E-state index in [9.17, 15) is 14.9 Å². The maximum absolute atomic E-state index is 13.1. The second-order valence-corrected chi connectivity index (χ2v) is 11.0. The van der Waals surface area contributed by atoms with E-state index in [1.165, 1.54) is 0 Å². The van der Waals surface area contributed by atoms with Crippen LogP contribution in [0.5, 0.6) is 0 Å². The van der Waals surface area contributed by atoms with E-state index in [2.05, 4.69) is 33.4 Å². The van der Waals surface area contributed by atoms with Gasteiger partial charge in [0.1, 0.15) is 0 Å². The number of carbonyl (C=O) groups excluding carboxylic acids is 2.